The number of nitrogens with zero attached hydrogens (tertiary/aromatic N) is 1. The van der Waals surface area contributed by atoms with Crippen LogP contribution in [0.4, 0.5) is 0 Å². The highest BCUT2D eigenvalue weighted by molar-refractivity contribution is 5.92. The molecule has 2 rings (SSSR count). The van der Waals surface area contributed by atoms with Crippen LogP contribution in [-0.2, 0) is 0 Å². The molecule has 19 heavy (non-hydrogen) atoms. The van der Waals surface area contributed by atoms with Crippen molar-refractivity contribution >= 4 is 11.6 Å². The monoisotopic (exact) mass is 255 g/mol. The fourth-order valence-corrected chi connectivity index (χ4v) is 1.49. The number of aromatic hydroxyl groups is 1. The predicted molar refractivity (Wildman–Crippen MR) is 72.0 cm³/mol. The lowest BCUT2D eigenvalue weighted by atomic mass is 10.1. The van der Waals surface area contributed by atoms with Gasteiger partial charge in [0.05, 0.1) is 5.70 Å². The zero-order valence-electron chi connectivity index (χ0n) is 10.1. The molecule has 0 saturated carbocycles. The number of pyridine rings is 1. The number of aromatic nitrogens is 1. The van der Waals surface area contributed by atoms with Gasteiger partial charge in [-0.25, -0.2) is 0 Å². The van der Waals surface area contributed by atoms with E-state index in [-0.39, 0.29) is 11.7 Å². The third-order valence-corrected chi connectivity index (χ3v) is 2.45. The number of nitrogens with one attached hydrogen (secondary N) is 2. The Bertz CT molecular complexity index is 597. The summed E-state index contributed by atoms with van der Waals surface area (Å²) in [5.41, 5.74) is 6.31. The number of phenols is 1. The number of carbonyl (C=O) groups is 1. The van der Waals surface area contributed by atoms with Crippen LogP contribution in [0.5, 0.6) is 5.75 Å². The summed E-state index contributed by atoms with van der Waals surface area (Å²) < 4.78 is 0. The van der Waals surface area contributed by atoms with Crippen molar-refractivity contribution in [2.75, 3.05) is 0 Å². The molecule has 0 atom stereocenters. The van der Waals surface area contributed by atoms with Crippen molar-refractivity contribution in [1.29, 1.82) is 0 Å². The van der Waals surface area contributed by atoms with Crippen molar-refractivity contribution in [3.05, 3.63) is 66.5 Å². The number of amides is 1. The van der Waals surface area contributed by atoms with Crippen LogP contribution in [0.25, 0.3) is 5.70 Å². The first-order chi connectivity index (χ1) is 9.18. The molecule has 96 valence electrons. The average molecular weight is 255 g/mol. The van der Waals surface area contributed by atoms with Crippen LogP contribution in [0.2, 0.25) is 0 Å². The Balaban J connectivity index is 1.98. The predicted octanol–water partition coefficient (Wildman–Crippen LogP) is 1.69. The fraction of sp³-hybridized carbons (Fsp3) is 0. The van der Waals surface area contributed by atoms with Crippen molar-refractivity contribution in [3.8, 4) is 5.75 Å². The van der Waals surface area contributed by atoms with Gasteiger partial charge in [-0.1, -0.05) is 24.8 Å². The van der Waals surface area contributed by atoms with Crippen molar-refractivity contribution in [2.45, 2.75) is 0 Å². The van der Waals surface area contributed by atoms with E-state index in [1.165, 1.54) is 6.20 Å². The van der Waals surface area contributed by atoms with Crippen LogP contribution in [0.1, 0.15) is 16.1 Å². The second kappa shape index (κ2) is 5.68. The number of hydrogen-bond donors (Lipinski definition) is 3. The van der Waals surface area contributed by atoms with Crippen molar-refractivity contribution < 1.29 is 9.90 Å². The maximum atomic E-state index is 11.7. The van der Waals surface area contributed by atoms with Gasteiger partial charge in [0, 0.05) is 11.8 Å². The molecule has 2 aromatic rings. The summed E-state index contributed by atoms with van der Waals surface area (Å²) in [6.07, 6.45) is 1.53. The van der Waals surface area contributed by atoms with Gasteiger partial charge < -0.3 is 5.11 Å². The highest BCUT2D eigenvalue weighted by Gasteiger charge is 2.08. The molecule has 5 heteroatoms. The minimum absolute atomic E-state index is 0.0899. The van der Waals surface area contributed by atoms with Crippen LogP contribution in [0.15, 0.2) is 55.2 Å². The lowest BCUT2D eigenvalue weighted by Crippen LogP contribution is -2.36. The topological polar surface area (TPSA) is 74.2 Å². The zero-order valence-corrected chi connectivity index (χ0v) is 10.1. The molecule has 3 N–H and O–H groups in total. The van der Waals surface area contributed by atoms with Crippen molar-refractivity contribution in [3.63, 3.8) is 0 Å². The average Bonchev–Trinajstić information content (AvgIpc) is 2.46. The third kappa shape index (κ3) is 3.10. The number of rotatable bonds is 4. The lowest BCUT2D eigenvalue weighted by molar-refractivity contribution is 0.0937. The van der Waals surface area contributed by atoms with E-state index >= 15 is 0 Å². The van der Waals surface area contributed by atoms with Gasteiger partial charge in [-0.3, -0.25) is 20.6 Å². The molecule has 0 saturated heterocycles. The number of hydrogen-bond acceptors (Lipinski definition) is 4. The minimum atomic E-state index is -0.378. The first-order valence-corrected chi connectivity index (χ1v) is 5.63. The molecular formula is C14H13N3O2. The second-order valence-electron chi connectivity index (χ2n) is 3.79. The molecule has 1 amide bonds. The number of hydrazine groups is 1. The lowest BCUT2D eigenvalue weighted by Gasteiger charge is -2.11. The Morgan fingerprint density at radius 3 is 2.53 bits per heavy atom. The van der Waals surface area contributed by atoms with E-state index in [1.807, 2.05) is 0 Å². The van der Waals surface area contributed by atoms with Crippen molar-refractivity contribution in [1.82, 2.24) is 15.8 Å². The number of carbonyl (C=O) groups excluding carboxylic acids is 1. The molecular weight excluding hydrogens is 242 g/mol. The fourth-order valence-electron chi connectivity index (χ4n) is 1.49. The summed E-state index contributed by atoms with van der Waals surface area (Å²) in [5, 5.41) is 9.64. The smallest absolute Gasteiger partial charge is 0.288 e. The Hall–Kier alpha value is -2.82. The number of phenolic OH excluding ortho intramolecular Hbond substituents is 1. The zero-order chi connectivity index (χ0) is 13.7. The highest BCUT2D eigenvalue weighted by Crippen LogP contribution is 2.20. The molecule has 0 aliphatic rings. The van der Waals surface area contributed by atoms with Gasteiger partial charge in [-0.15, -0.1) is 0 Å². The van der Waals surface area contributed by atoms with Gasteiger partial charge in [-0.05, 0) is 24.3 Å². The Morgan fingerprint density at radius 2 is 1.84 bits per heavy atom. The van der Waals surface area contributed by atoms with Crippen molar-refractivity contribution in [2.24, 2.45) is 0 Å². The standard InChI is InChI=1S/C14H13N3O2/c1-10(11-6-2-3-8-13(11)18)16-17-14(19)12-7-4-5-9-15-12/h2-9,16,18H,1H2,(H,17,19). The maximum absolute atomic E-state index is 11.7. The van der Waals surface area contributed by atoms with Gasteiger partial charge in [0.15, 0.2) is 0 Å². The summed E-state index contributed by atoms with van der Waals surface area (Å²) >= 11 is 0. The molecule has 0 bridgehead atoms. The summed E-state index contributed by atoms with van der Waals surface area (Å²) in [6, 6.07) is 11.8. The Kier molecular flexibility index (Phi) is 3.78. The van der Waals surface area contributed by atoms with E-state index < -0.39 is 0 Å². The van der Waals surface area contributed by atoms with E-state index in [0.717, 1.165) is 0 Å². The van der Waals surface area contributed by atoms with E-state index in [9.17, 15) is 9.90 Å². The van der Waals surface area contributed by atoms with Gasteiger partial charge in [-0.2, -0.15) is 0 Å². The van der Waals surface area contributed by atoms with Gasteiger partial charge in [0.1, 0.15) is 11.4 Å². The highest BCUT2D eigenvalue weighted by atomic mass is 16.3. The van der Waals surface area contributed by atoms with Gasteiger partial charge in [0.25, 0.3) is 5.91 Å². The molecule has 5 nitrogen and oxygen atoms in total. The third-order valence-electron chi connectivity index (χ3n) is 2.45. The molecule has 0 aliphatic heterocycles. The van der Waals surface area contributed by atoms with Gasteiger partial charge >= 0.3 is 0 Å². The summed E-state index contributed by atoms with van der Waals surface area (Å²) in [4.78, 5) is 15.6. The molecule has 0 spiro atoms. The van der Waals surface area contributed by atoms with E-state index in [2.05, 4.69) is 22.4 Å². The molecule has 0 radical (unpaired) electrons. The summed E-state index contributed by atoms with van der Waals surface area (Å²) in [6.45, 7) is 3.75. The molecule has 0 unspecified atom stereocenters. The second-order valence-corrected chi connectivity index (χ2v) is 3.79. The van der Waals surface area contributed by atoms with E-state index in [0.29, 0.717) is 17.0 Å². The first-order valence-electron chi connectivity index (χ1n) is 5.63. The maximum Gasteiger partial charge on any atom is 0.288 e. The molecule has 1 aromatic carbocycles. The summed E-state index contributed by atoms with van der Waals surface area (Å²) in [5.74, 6) is -0.288. The van der Waals surface area contributed by atoms with Crippen LogP contribution < -0.4 is 10.9 Å². The normalized spacial score (nSPS) is 9.68. The van der Waals surface area contributed by atoms with Gasteiger partial charge in [0.2, 0.25) is 0 Å². The first kappa shape index (κ1) is 12.6. The van der Waals surface area contributed by atoms with Crippen LogP contribution >= 0.6 is 0 Å². The largest absolute Gasteiger partial charge is 0.507 e. The number of benzene rings is 1. The summed E-state index contributed by atoms with van der Waals surface area (Å²) in [7, 11) is 0. The molecule has 1 heterocycles. The van der Waals surface area contributed by atoms with Crippen LogP contribution in [0, 0.1) is 0 Å². The van der Waals surface area contributed by atoms with E-state index in [4.69, 9.17) is 0 Å². The van der Waals surface area contributed by atoms with Crippen LogP contribution in [-0.4, -0.2) is 16.0 Å². The molecule has 0 aliphatic carbocycles. The Morgan fingerprint density at radius 1 is 1.11 bits per heavy atom. The quantitative estimate of drug-likeness (QED) is 0.727. The molecule has 1 aromatic heterocycles. The number of para-hydroxylation sites is 1. The van der Waals surface area contributed by atoms with Crippen LogP contribution in [0.3, 0.4) is 0 Å². The SMILES string of the molecule is C=C(NNC(=O)c1ccccn1)c1ccccc1O. The van der Waals surface area contributed by atoms with E-state index in [1.54, 1.807) is 42.5 Å². The molecule has 0 fully saturated rings. The Labute approximate surface area is 110 Å². The minimum Gasteiger partial charge on any atom is -0.507 e.